The van der Waals surface area contributed by atoms with Crippen LogP contribution >= 0.6 is 12.6 Å². The fourth-order valence-electron chi connectivity index (χ4n) is 0.256. The second kappa shape index (κ2) is 3.34. The highest BCUT2D eigenvalue weighted by molar-refractivity contribution is 7.96. The quantitative estimate of drug-likeness (QED) is 0.462. The van der Waals surface area contributed by atoms with Crippen molar-refractivity contribution in [2.24, 2.45) is 5.73 Å². The molecule has 1 unspecified atom stereocenters. The third-order valence-electron chi connectivity index (χ3n) is 0.767. The molecule has 0 aliphatic carbocycles. The van der Waals surface area contributed by atoms with Crippen molar-refractivity contribution in [3.05, 3.63) is 0 Å². The molecule has 0 fully saturated rings. The Morgan fingerprint density at radius 1 is 1.67 bits per heavy atom. The van der Waals surface area contributed by atoms with Crippen LogP contribution in [0.5, 0.6) is 0 Å². The molecular weight excluding hydrogens is 140 g/mol. The summed E-state index contributed by atoms with van der Waals surface area (Å²) >= 11 is 3.37. The van der Waals surface area contributed by atoms with Gasteiger partial charge in [0.1, 0.15) is 6.04 Å². The van der Waals surface area contributed by atoms with Gasteiger partial charge in [-0.15, -0.1) is 0 Å². The standard InChI is InChI=1S/C4H8N2O2S/c1-2(3(5)7)6-4(8)9/h2H,1H3,(H2,5,7)(H2,6,8,9). The first-order valence-corrected chi connectivity index (χ1v) is 2.77. The van der Waals surface area contributed by atoms with Gasteiger partial charge in [0.25, 0.3) is 5.24 Å². The molecule has 0 spiro atoms. The Morgan fingerprint density at radius 2 is 2.11 bits per heavy atom. The summed E-state index contributed by atoms with van der Waals surface area (Å²) in [6, 6.07) is -0.644. The van der Waals surface area contributed by atoms with Gasteiger partial charge < -0.3 is 11.1 Å². The first kappa shape index (κ1) is 8.29. The maximum Gasteiger partial charge on any atom is 0.276 e. The normalized spacial score (nSPS) is 12.2. The van der Waals surface area contributed by atoms with Crippen molar-refractivity contribution in [1.82, 2.24) is 5.32 Å². The monoisotopic (exact) mass is 148 g/mol. The van der Waals surface area contributed by atoms with E-state index in [9.17, 15) is 9.59 Å². The molecule has 0 aromatic heterocycles. The van der Waals surface area contributed by atoms with Crippen molar-refractivity contribution >= 4 is 23.8 Å². The second-order valence-corrected chi connectivity index (χ2v) is 1.98. The number of primary amides is 1. The lowest BCUT2D eigenvalue weighted by molar-refractivity contribution is -0.119. The molecule has 0 saturated heterocycles. The number of nitrogens with one attached hydrogen (secondary N) is 1. The number of nitrogens with two attached hydrogens (primary N) is 1. The van der Waals surface area contributed by atoms with E-state index >= 15 is 0 Å². The first-order chi connectivity index (χ1) is 4.04. The maximum atomic E-state index is 10.2. The molecule has 52 valence electrons. The van der Waals surface area contributed by atoms with Gasteiger partial charge in [-0.25, -0.2) is 0 Å². The molecule has 0 heterocycles. The van der Waals surface area contributed by atoms with Gasteiger partial charge in [0.2, 0.25) is 5.91 Å². The van der Waals surface area contributed by atoms with Gasteiger partial charge in [0.15, 0.2) is 0 Å². The van der Waals surface area contributed by atoms with E-state index in [2.05, 4.69) is 17.9 Å². The molecule has 9 heavy (non-hydrogen) atoms. The Labute approximate surface area is 58.2 Å². The van der Waals surface area contributed by atoms with Gasteiger partial charge in [0, 0.05) is 0 Å². The fraction of sp³-hybridized carbons (Fsp3) is 0.500. The summed E-state index contributed by atoms with van der Waals surface area (Å²) in [7, 11) is 0. The third kappa shape index (κ3) is 3.84. The Morgan fingerprint density at radius 3 is 2.22 bits per heavy atom. The number of hydrogen-bond acceptors (Lipinski definition) is 2. The summed E-state index contributed by atoms with van der Waals surface area (Å²) in [5.41, 5.74) is 4.80. The third-order valence-corrected chi connectivity index (χ3v) is 0.896. The predicted molar refractivity (Wildman–Crippen MR) is 36.2 cm³/mol. The summed E-state index contributed by atoms with van der Waals surface area (Å²) < 4.78 is 0. The fourth-order valence-corrected chi connectivity index (χ4v) is 0.450. The molecular formula is C4H8N2O2S. The Hall–Kier alpha value is -0.710. The average molecular weight is 148 g/mol. The number of thiol groups is 1. The van der Waals surface area contributed by atoms with Crippen LogP contribution in [0.2, 0.25) is 0 Å². The van der Waals surface area contributed by atoms with Crippen LogP contribution in [-0.4, -0.2) is 17.2 Å². The van der Waals surface area contributed by atoms with Gasteiger partial charge in [0.05, 0.1) is 0 Å². The van der Waals surface area contributed by atoms with Crippen molar-refractivity contribution in [3.8, 4) is 0 Å². The highest BCUT2D eigenvalue weighted by Crippen LogP contribution is 1.82. The van der Waals surface area contributed by atoms with Crippen LogP contribution in [0.25, 0.3) is 0 Å². The maximum absolute atomic E-state index is 10.2. The topological polar surface area (TPSA) is 72.2 Å². The van der Waals surface area contributed by atoms with Gasteiger partial charge in [-0.2, -0.15) is 0 Å². The molecule has 0 aromatic carbocycles. The minimum absolute atomic E-state index is 0.554. The summed E-state index contributed by atoms with van der Waals surface area (Å²) in [5.74, 6) is -0.572. The van der Waals surface area contributed by atoms with E-state index in [0.717, 1.165) is 0 Å². The van der Waals surface area contributed by atoms with Gasteiger partial charge >= 0.3 is 0 Å². The Bertz CT molecular complexity index is 137. The summed E-state index contributed by atoms with van der Waals surface area (Å²) in [5, 5.41) is 1.64. The van der Waals surface area contributed by atoms with Crippen LogP contribution in [0.3, 0.4) is 0 Å². The SMILES string of the molecule is CC(NC(=O)S)C(N)=O. The number of amides is 2. The molecule has 2 amide bonds. The molecule has 0 aliphatic heterocycles. The minimum atomic E-state index is -0.644. The van der Waals surface area contributed by atoms with Crippen LogP contribution in [-0.2, 0) is 4.79 Å². The van der Waals surface area contributed by atoms with Crippen LogP contribution in [0.1, 0.15) is 6.92 Å². The molecule has 0 bridgehead atoms. The average Bonchev–Trinajstić information content (AvgIpc) is 1.63. The molecule has 0 aromatic rings. The van der Waals surface area contributed by atoms with E-state index in [1.165, 1.54) is 6.92 Å². The number of carbonyl (C=O) groups is 2. The van der Waals surface area contributed by atoms with Crippen LogP contribution in [0.4, 0.5) is 4.79 Å². The van der Waals surface area contributed by atoms with E-state index in [1.807, 2.05) is 0 Å². The first-order valence-electron chi connectivity index (χ1n) is 2.33. The number of rotatable bonds is 2. The van der Waals surface area contributed by atoms with Crippen LogP contribution < -0.4 is 11.1 Å². The molecule has 1 atom stereocenters. The van der Waals surface area contributed by atoms with E-state index in [1.54, 1.807) is 0 Å². The zero-order valence-corrected chi connectivity index (χ0v) is 5.81. The lowest BCUT2D eigenvalue weighted by Crippen LogP contribution is -2.39. The highest BCUT2D eigenvalue weighted by atomic mass is 32.1. The summed E-state index contributed by atoms with van der Waals surface area (Å²) in [6.45, 7) is 1.48. The van der Waals surface area contributed by atoms with Crippen molar-refractivity contribution in [1.29, 1.82) is 0 Å². The minimum Gasteiger partial charge on any atom is -0.368 e. The van der Waals surface area contributed by atoms with Crippen molar-refractivity contribution in [3.63, 3.8) is 0 Å². The van der Waals surface area contributed by atoms with Crippen molar-refractivity contribution < 1.29 is 9.59 Å². The number of hydrogen-bond donors (Lipinski definition) is 3. The van der Waals surface area contributed by atoms with E-state index in [-0.39, 0.29) is 0 Å². The summed E-state index contributed by atoms with van der Waals surface area (Å²) in [6.07, 6.45) is 0. The Balaban J connectivity index is 3.63. The highest BCUT2D eigenvalue weighted by Gasteiger charge is 2.07. The number of carbonyl (C=O) groups excluding carboxylic acids is 2. The molecule has 0 rings (SSSR count). The lowest BCUT2D eigenvalue weighted by Gasteiger charge is -2.05. The molecule has 0 aliphatic rings. The van der Waals surface area contributed by atoms with Crippen LogP contribution in [0, 0.1) is 0 Å². The zero-order chi connectivity index (χ0) is 7.44. The molecule has 4 nitrogen and oxygen atoms in total. The van der Waals surface area contributed by atoms with Crippen molar-refractivity contribution in [2.45, 2.75) is 13.0 Å². The van der Waals surface area contributed by atoms with Crippen molar-refractivity contribution in [2.75, 3.05) is 0 Å². The summed E-state index contributed by atoms with van der Waals surface area (Å²) in [4.78, 5) is 20.3. The smallest absolute Gasteiger partial charge is 0.276 e. The van der Waals surface area contributed by atoms with E-state index in [0.29, 0.717) is 0 Å². The van der Waals surface area contributed by atoms with E-state index in [4.69, 9.17) is 5.73 Å². The van der Waals surface area contributed by atoms with Gasteiger partial charge in [-0.05, 0) is 6.92 Å². The lowest BCUT2D eigenvalue weighted by atomic mass is 10.3. The largest absolute Gasteiger partial charge is 0.368 e. The zero-order valence-electron chi connectivity index (χ0n) is 4.92. The molecule has 0 radical (unpaired) electrons. The second-order valence-electron chi connectivity index (χ2n) is 1.57. The molecule has 3 N–H and O–H groups in total. The van der Waals surface area contributed by atoms with Gasteiger partial charge in [-0.1, -0.05) is 12.6 Å². The predicted octanol–water partition coefficient (Wildman–Crippen LogP) is -0.500. The van der Waals surface area contributed by atoms with Gasteiger partial charge in [-0.3, -0.25) is 9.59 Å². The molecule has 0 saturated carbocycles. The van der Waals surface area contributed by atoms with E-state index < -0.39 is 17.2 Å². The molecule has 5 heteroatoms. The Kier molecular flexibility index (Phi) is 3.08. The van der Waals surface area contributed by atoms with Crippen LogP contribution in [0.15, 0.2) is 0 Å².